The number of fused-ring (bicyclic) bond motifs is 1. The van der Waals surface area contributed by atoms with Crippen molar-refractivity contribution in [1.82, 2.24) is 16.2 Å². The van der Waals surface area contributed by atoms with E-state index >= 15 is 0 Å². The molecule has 0 saturated heterocycles. The molecule has 0 spiro atoms. The predicted molar refractivity (Wildman–Crippen MR) is 121 cm³/mol. The number of amides is 2. The topological polar surface area (TPSA) is 79.5 Å². The molecular weight excluding hydrogens is 398 g/mol. The van der Waals surface area contributed by atoms with Crippen LogP contribution in [0.15, 0.2) is 66.7 Å². The molecule has 0 aromatic heterocycles. The third-order valence-electron chi connectivity index (χ3n) is 4.36. The minimum atomic E-state index is -0.377. The van der Waals surface area contributed by atoms with Crippen molar-refractivity contribution in [3.05, 3.63) is 77.9 Å². The molecule has 6 nitrogen and oxygen atoms in total. The monoisotopic (exact) mass is 421 g/mol. The van der Waals surface area contributed by atoms with E-state index in [4.69, 9.17) is 17.0 Å². The van der Waals surface area contributed by atoms with Gasteiger partial charge in [-0.15, -0.1) is 0 Å². The summed E-state index contributed by atoms with van der Waals surface area (Å²) in [6, 6.07) is 20.5. The summed E-state index contributed by atoms with van der Waals surface area (Å²) in [4.78, 5) is 24.6. The van der Waals surface area contributed by atoms with Crippen molar-refractivity contribution < 1.29 is 14.3 Å². The summed E-state index contributed by atoms with van der Waals surface area (Å²) in [6.07, 6.45) is 1.10. The summed E-state index contributed by atoms with van der Waals surface area (Å²) in [5, 5.41) is 4.64. The quantitative estimate of drug-likeness (QED) is 0.419. The molecule has 0 heterocycles. The molecule has 0 aliphatic heterocycles. The van der Waals surface area contributed by atoms with Gasteiger partial charge in [0.15, 0.2) is 5.11 Å². The Morgan fingerprint density at radius 2 is 1.67 bits per heavy atom. The van der Waals surface area contributed by atoms with Gasteiger partial charge in [-0.3, -0.25) is 25.8 Å². The van der Waals surface area contributed by atoms with E-state index in [2.05, 4.69) is 16.2 Å². The summed E-state index contributed by atoms with van der Waals surface area (Å²) >= 11 is 5.09. The van der Waals surface area contributed by atoms with Crippen molar-refractivity contribution in [2.75, 3.05) is 6.61 Å². The highest BCUT2D eigenvalue weighted by atomic mass is 32.1. The number of carbonyl (C=O) groups excluding carboxylic acids is 2. The maximum atomic E-state index is 12.3. The van der Waals surface area contributed by atoms with E-state index in [0.29, 0.717) is 17.9 Å². The molecule has 0 aliphatic rings. The third kappa shape index (κ3) is 5.78. The molecule has 0 atom stereocenters. The molecule has 0 unspecified atom stereocenters. The summed E-state index contributed by atoms with van der Waals surface area (Å²) in [7, 11) is 0. The highest BCUT2D eigenvalue weighted by Crippen LogP contribution is 2.18. The fourth-order valence-electron chi connectivity index (χ4n) is 2.92. The van der Waals surface area contributed by atoms with Gasteiger partial charge in [-0.1, -0.05) is 49.4 Å². The van der Waals surface area contributed by atoms with Crippen LogP contribution >= 0.6 is 12.2 Å². The van der Waals surface area contributed by atoms with Crippen LogP contribution in [0.1, 0.15) is 29.3 Å². The second-order valence-electron chi connectivity index (χ2n) is 6.64. The number of thiocarbonyl (C=S) groups is 1. The minimum Gasteiger partial charge on any atom is -0.494 e. The van der Waals surface area contributed by atoms with E-state index < -0.39 is 0 Å². The maximum Gasteiger partial charge on any atom is 0.257 e. The Bertz CT molecular complexity index is 1050. The van der Waals surface area contributed by atoms with Gasteiger partial charge in [0.2, 0.25) is 5.91 Å². The van der Waals surface area contributed by atoms with Crippen molar-refractivity contribution in [2.45, 2.75) is 19.8 Å². The molecule has 7 heteroatoms. The number of carbonyl (C=O) groups is 2. The Kier molecular flexibility index (Phi) is 7.34. The number of hydrogen-bond donors (Lipinski definition) is 3. The van der Waals surface area contributed by atoms with Gasteiger partial charge in [0.25, 0.3) is 5.91 Å². The molecule has 3 aromatic rings. The summed E-state index contributed by atoms with van der Waals surface area (Å²) in [6.45, 7) is 2.65. The molecule has 3 aromatic carbocycles. The van der Waals surface area contributed by atoms with Crippen LogP contribution in [0.5, 0.6) is 5.75 Å². The SMILES string of the molecule is CCCOc1ccc(C(=O)NC(=S)NNC(=O)Cc2cccc3ccccc23)cc1. The van der Waals surface area contributed by atoms with Gasteiger partial charge in [0, 0.05) is 5.56 Å². The average Bonchev–Trinajstić information content (AvgIpc) is 2.77. The molecule has 3 rings (SSSR count). The van der Waals surface area contributed by atoms with Gasteiger partial charge >= 0.3 is 0 Å². The number of benzene rings is 3. The van der Waals surface area contributed by atoms with Crippen LogP contribution < -0.4 is 20.9 Å². The first-order chi connectivity index (χ1) is 14.6. The van der Waals surface area contributed by atoms with Crippen molar-refractivity contribution in [2.24, 2.45) is 0 Å². The second kappa shape index (κ2) is 10.4. The van der Waals surface area contributed by atoms with E-state index in [-0.39, 0.29) is 23.3 Å². The Labute approximate surface area is 180 Å². The third-order valence-corrected chi connectivity index (χ3v) is 4.57. The van der Waals surface area contributed by atoms with Gasteiger partial charge in [-0.2, -0.15) is 0 Å². The minimum absolute atomic E-state index is 0.0116. The van der Waals surface area contributed by atoms with Crippen LogP contribution in [0.2, 0.25) is 0 Å². The van der Waals surface area contributed by atoms with Crippen molar-refractivity contribution in [1.29, 1.82) is 0 Å². The number of hydrazine groups is 1. The molecule has 0 bridgehead atoms. The van der Waals surface area contributed by atoms with Crippen LogP contribution in [-0.2, 0) is 11.2 Å². The molecule has 3 N–H and O–H groups in total. The summed E-state index contributed by atoms with van der Waals surface area (Å²) in [5.41, 5.74) is 6.43. The molecule has 2 amide bonds. The molecule has 0 saturated carbocycles. The number of rotatable bonds is 6. The van der Waals surface area contributed by atoms with Crippen molar-refractivity contribution in [3.63, 3.8) is 0 Å². The zero-order valence-corrected chi connectivity index (χ0v) is 17.4. The van der Waals surface area contributed by atoms with Gasteiger partial charge in [-0.05, 0) is 59.2 Å². The molecule has 0 fully saturated rings. The van der Waals surface area contributed by atoms with Gasteiger partial charge < -0.3 is 4.74 Å². The smallest absolute Gasteiger partial charge is 0.257 e. The zero-order valence-electron chi connectivity index (χ0n) is 16.6. The fraction of sp³-hybridized carbons (Fsp3) is 0.174. The van der Waals surface area contributed by atoms with E-state index in [1.165, 1.54) is 0 Å². The van der Waals surface area contributed by atoms with Crippen LogP contribution in [-0.4, -0.2) is 23.5 Å². The van der Waals surface area contributed by atoms with E-state index in [9.17, 15) is 9.59 Å². The van der Waals surface area contributed by atoms with Gasteiger partial charge in [0.05, 0.1) is 13.0 Å². The summed E-state index contributed by atoms with van der Waals surface area (Å²) < 4.78 is 5.49. The first-order valence-electron chi connectivity index (χ1n) is 9.66. The lowest BCUT2D eigenvalue weighted by Gasteiger charge is -2.12. The van der Waals surface area contributed by atoms with Crippen molar-refractivity contribution in [3.8, 4) is 5.75 Å². The second-order valence-corrected chi connectivity index (χ2v) is 7.05. The molecule has 0 radical (unpaired) electrons. The number of nitrogens with one attached hydrogen (secondary N) is 3. The lowest BCUT2D eigenvalue weighted by molar-refractivity contribution is -0.121. The van der Waals surface area contributed by atoms with Crippen molar-refractivity contribution >= 4 is 39.9 Å². The highest BCUT2D eigenvalue weighted by Gasteiger charge is 2.10. The Morgan fingerprint density at radius 3 is 2.43 bits per heavy atom. The van der Waals surface area contributed by atoms with E-state index in [1.807, 2.05) is 49.4 Å². The first-order valence-corrected chi connectivity index (χ1v) is 10.1. The molecular formula is C23H23N3O3S. The number of ether oxygens (including phenoxy) is 1. The standard InChI is InChI=1S/C23H23N3O3S/c1-2-14-29-19-12-10-17(11-13-19)22(28)24-23(30)26-25-21(27)15-18-8-5-7-16-6-3-4-9-20(16)18/h3-13H,2,14-15H2,1H3,(H,25,27)(H2,24,26,28,30). The molecule has 154 valence electrons. The molecule has 30 heavy (non-hydrogen) atoms. The lowest BCUT2D eigenvalue weighted by atomic mass is 10.0. The zero-order chi connectivity index (χ0) is 21.3. The average molecular weight is 422 g/mol. The Hall–Kier alpha value is -3.45. The largest absolute Gasteiger partial charge is 0.494 e. The Morgan fingerprint density at radius 1 is 0.933 bits per heavy atom. The predicted octanol–water partition coefficient (Wildman–Crippen LogP) is 3.51. The summed E-state index contributed by atoms with van der Waals surface area (Å²) in [5.74, 6) is 0.0630. The number of hydrogen-bond acceptors (Lipinski definition) is 4. The molecule has 0 aliphatic carbocycles. The van der Waals surface area contributed by atoms with Crippen LogP contribution in [0.3, 0.4) is 0 Å². The van der Waals surface area contributed by atoms with Crippen LogP contribution in [0.25, 0.3) is 10.8 Å². The van der Waals surface area contributed by atoms with Crippen LogP contribution in [0, 0.1) is 0 Å². The highest BCUT2D eigenvalue weighted by molar-refractivity contribution is 7.80. The van der Waals surface area contributed by atoms with Gasteiger partial charge in [0.1, 0.15) is 5.75 Å². The van der Waals surface area contributed by atoms with E-state index in [0.717, 1.165) is 22.8 Å². The maximum absolute atomic E-state index is 12.3. The van der Waals surface area contributed by atoms with Crippen LogP contribution in [0.4, 0.5) is 0 Å². The first kappa shape index (κ1) is 21.3. The Balaban J connectivity index is 1.49. The normalized spacial score (nSPS) is 10.3. The van der Waals surface area contributed by atoms with E-state index in [1.54, 1.807) is 24.3 Å². The fourth-order valence-corrected chi connectivity index (χ4v) is 3.06. The van der Waals surface area contributed by atoms with Gasteiger partial charge in [-0.25, -0.2) is 0 Å². The lowest BCUT2D eigenvalue weighted by Crippen LogP contribution is -2.48.